The van der Waals surface area contributed by atoms with Crippen LogP contribution in [0.15, 0.2) is 0 Å². The fourth-order valence-electron chi connectivity index (χ4n) is 6.65. The molecule has 2 aliphatic carbocycles. The minimum absolute atomic E-state index is 0.0680. The van der Waals surface area contributed by atoms with E-state index in [1.165, 1.54) is 26.5 Å². The van der Waals surface area contributed by atoms with E-state index in [2.05, 4.69) is 20.4 Å². The van der Waals surface area contributed by atoms with E-state index in [4.69, 9.17) is 16.3 Å². The fourth-order valence-corrected chi connectivity index (χ4v) is 6.90. The van der Waals surface area contributed by atoms with Gasteiger partial charge in [-0.05, 0) is 63.2 Å². The van der Waals surface area contributed by atoms with Crippen molar-refractivity contribution in [1.82, 2.24) is 15.1 Å². The number of piperidine rings is 1. The SMILES string of the molecule is COC(=O)C1CC2[NH2+]CN(CC3CCC(Cl)CC3)C2CN1CC1CCC(NC(C)=O)CC1. The lowest BCUT2D eigenvalue weighted by Gasteiger charge is -2.43. The Bertz CT molecular complexity index is 649. The van der Waals surface area contributed by atoms with Crippen molar-refractivity contribution in [3.63, 3.8) is 0 Å². The monoisotopic (exact) mass is 469 g/mol. The average Bonchev–Trinajstić information content (AvgIpc) is 3.17. The van der Waals surface area contributed by atoms with Gasteiger partial charge in [0.2, 0.25) is 5.91 Å². The van der Waals surface area contributed by atoms with Crippen LogP contribution in [0, 0.1) is 11.8 Å². The maximum absolute atomic E-state index is 12.7. The molecule has 4 aliphatic rings. The summed E-state index contributed by atoms with van der Waals surface area (Å²) >= 11 is 6.32. The molecule has 182 valence electrons. The number of amides is 1. The molecule has 3 atom stereocenters. The Balaban J connectivity index is 1.35. The number of carbonyl (C=O) groups is 2. The topological polar surface area (TPSA) is 78.5 Å². The number of nitrogens with two attached hydrogens (primary N) is 1. The van der Waals surface area contributed by atoms with Crippen molar-refractivity contribution in [3.05, 3.63) is 0 Å². The van der Waals surface area contributed by atoms with Crippen LogP contribution in [0.25, 0.3) is 0 Å². The number of halogens is 1. The summed E-state index contributed by atoms with van der Waals surface area (Å²) in [7, 11) is 1.52. The predicted octanol–water partition coefficient (Wildman–Crippen LogP) is 1.30. The second-order valence-corrected chi connectivity index (χ2v) is 11.3. The van der Waals surface area contributed by atoms with Gasteiger partial charge in [0.05, 0.1) is 13.2 Å². The summed E-state index contributed by atoms with van der Waals surface area (Å²) in [5.41, 5.74) is 0. The summed E-state index contributed by atoms with van der Waals surface area (Å²) in [6.07, 6.45) is 9.96. The van der Waals surface area contributed by atoms with Crippen molar-refractivity contribution in [2.24, 2.45) is 11.8 Å². The summed E-state index contributed by atoms with van der Waals surface area (Å²) in [5.74, 6) is 1.33. The largest absolute Gasteiger partial charge is 0.468 e. The zero-order chi connectivity index (χ0) is 22.7. The molecule has 7 nitrogen and oxygen atoms in total. The quantitative estimate of drug-likeness (QED) is 0.453. The number of quaternary nitrogens is 1. The van der Waals surface area contributed by atoms with E-state index in [-0.39, 0.29) is 17.9 Å². The molecular weight excluding hydrogens is 428 g/mol. The number of methoxy groups -OCH3 is 1. The van der Waals surface area contributed by atoms with Gasteiger partial charge in [-0.1, -0.05) is 0 Å². The van der Waals surface area contributed by atoms with Crippen molar-refractivity contribution in [1.29, 1.82) is 0 Å². The molecule has 4 rings (SSSR count). The number of carbonyl (C=O) groups excluding carboxylic acids is 2. The number of esters is 1. The zero-order valence-electron chi connectivity index (χ0n) is 19.8. The zero-order valence-corrected chi connectivity index (χ0v) is 20.6. The highest BCUT2D eigenvalue weighted by Gasteiger charge is 2.48. The first-order valence-corrected chi connectivity index (χ1v) is 13.2. The first-order valence-electron chi connectivity index (χ1n) is 12.7. The molecule has 2 saturated carbocycles. The Morgan fingerprint density at radius 3 is 2.25 bits per heavy atom. The summed E-state index contributed by atoms with van der Waals surface area (Å²) in [4.78, 5) is 29.1. The van der Waals surface area contributed by atoms with Gasteiger partial charge < -0.3 is 15.4 Å². The molecule has 8 heteroatoms. The minimum Gasteiger partial charge on any atom is -0.468 e. The van der Waals surface area contributed by atoms with E-state index in [1.807, 2.05) is 0 Å². The van der Waals surface area contributed by atoms with Gasteiger partial charge >= 0.3 is 5.97 Å². The highest BCUT2D eigenvalue weighted by Crippen LogP contribution is 2.32. The van der Waals surface area contributed by atoms with Gasteiger partial charge in [-0.25, -0.2) is 4.90 Å². The Hall–Kier alpha value is -0.890. The van der Waals surface area contributed by atoms with Crippen LogP contribution in [0.2, 0.25) is 0 Å². The summed E-state index contributed by atoms with van der Waals surface area (Å²) in [6.45, 7) is 5.72. The van der Waals surface area contributed by atoms with Crippen LogP contribution in [-0.4, -0.2) is 84.6 Å². The lowest BCUT2D eigenvalue weighted by Crippen LogP contribution is -2.89. The molecule has 32 heavy (non-hydrogen) atoms. The lowest BCUT2D eigenvalue weighted by molar-refractivity contribution is -0.678. The Labute approximate surface area is 197 Å². The van der Waals surface area contributed by atoms with Gasteiger partial charge in [-0.3, -0.25) is 14.5 Å². The number of nitrogens with zero attached hydrogens (tertiary/aromatic N) is 2. The molecule has 0 spiro atoms. The fraction of sp³-hybridized carbons (Fsp3) is 0.917. The highest BCUT2D eigenvalue weighted by atomic mass is 35.5. The summed E-state index contributed by atoms with van der Waals surface area (Å²) in [5, 5.41) is 5.89. The molecule has 3 N–H and O–H groups in total. The summed E-state index contributed by atoms with van der Waals surface area (Å²) in [6, 6.07) is 1.18. The molecule has 0 radical (unpaired) electrons. The molecule has 4 fully saturated rings. The van der Waals surface area contributed by atoms with Crippen molar-refractivity contribution in [2.75, 3.05) is 33.4 Å². The molecule has 3 unspecified atom stereocenters. The highest BCUT2D eigenvalue weighted by molar-refractivity contribution is 6.20. The number of hydrogen-bond donors (Lipinski definition) is 2. The van der Waals surface area contributed by atoms with Crippen LogP contribution >= 0.6 is 11.6 Å². The van der Waals surface area contributed by atoms with E-state index in [0.717, 1.165) is 70.6 Å². The van der Waals surface area contributed by atoms with Gasteiger partial charge in [0, 0.05) is 44.4 Å². The van der Waals surface area contributed by atoms with Gasteiger partial charge in [-0.15, -0.1) is 11.6 Å². The minimum atomic E-state index is -0.128. The van der Waals surface area contributed by atoms with Gasteiger partial charge in [0.15, 0.2) is 0 Å². The number of nitrogens with one attached hydrogen (secondary N) is 1. The van der Waals surface area contributed by atoms with Crippen molar-refractivity contribution < 1.29 is 19.6 Å². The molecule has 2 saturated heterocycles. The van der Waals surface area contributed by atoms with Gasteiger partial charge in [-0.2, -0.15) is 0 Å². The number of hydrogen-bond acceptors (Lipinski definition) is 5. The molecular formula is C24H42ClN4O3+. The standard InChI is InChI=1S/C24H41ClN4O3/c1-16(30)27-20-9-5-18(6-10-20)12-28-14-23-21(11-22(28)24(31)32-2)26-15-29(23)13-17-3-7-19(25)8-4-17/h17-23,26H,3-15H2,1-2H3,(H,27,30)/p+1. The number of fused-ring (bicyclic) bond motifs is 1. The van der Waals surface area contributed by atoms with Gasteiger partial charge in [0.25, 0.3) is 0 Å². The summed E-state index contributed by atoms with van der Waals surface area (Å²) < 4.78 is 5.21. The van der Waals surface area contributed by atoms with E-state index in [9.17, 15) is 9.59 Å². The van der Waals surface area contributed by atoms with Crippen molar-refractivity contribution in [2.45, 2.75) is 94.3 Å². The van der Waals surface area contributed by atoms with Crippen LogP contribution in [0.3, 0.4) is 0 Å². The first kappa shape index (κ1) is 24.2. The lowest BCUT2D eigenvalue weighted by atomic mass is 9.84. The second-order valence-electron chi connectivity index (χ2n) is 10.7. The average molecular weight is 470 g/mol. The second kappa shape index (κ2) is 11.0. The van der Waals surface area contributed by atoms with Crippen LogP contribution in [-0.2, 0) is 14.3 Å². The van der Waals surface area contributed by atoms with E-state index < -0.39 is 0 Å². The van der Waals surface area contributed by atoms with E-state index in [1.54, 1.807) is 6.92 Å². The third-order valence-corrected chi connectivity index (χ3v) is 8.89. The molecule has 0 aromatic carbocycles. The maximum atomic E-state index is 12.7. The van der Waals surface area contributed by atoms with Gasteiger partial charge in [0.1, 0.15) is 18.8 Å². The number of likely N-dealkylation sites (tertiary alicyclic amines) is 1. The van der Waals surface area contributed by atoms with E-state index >= 15 is 0 Å². The molecule has 0 aromatic heterocycles. The molecule has 2 aliphatic heterocycles. The maximum Gasteiger partial charge on any atom is 0.323 e. The smallest absolute Gasteiger partial charge is 0.323 e. The Morgan fingerprint density at radius 1 is 1.00 bits per heavy atom. The van der Waals surface area contributed by atoms with E-state index in [0.29, 0.717) is 29.4 Å². The van der Waals surface area contributed by atoms with Crippen molar-refractivity contribution >= 4 is 23.5 Å². The molecule has 0 aromatic rings. The number of alkyl halides is 1. The van der Waals surface area contributed by atoms with Crippen LogP contribution in [0.4, 0.5) is 0 Å². The van der Waals surface area contributed by atoms with Crippen LogP contribution in [0.5, 0.6) is 0 Å². The third kappa shape index (κ3) is 5.96. The Kier molecular flexibility index (Phi) is 8.35. The molecule has 0 bridgehead atoms. The normalized spacial score (nSPS) is 38.8. The number of ether oxygens (including phenoxy) is 1. The van der Waals surface area contributed by atoms with Crippen LogP contribution in [0.1, 0.15) is 64.7 Å². The first-order chi connectivity index (χ1) is 15.4. The Morgan fingerprint density at radius 2 is 1.62 bits per heavy atom. The predicted molar refractivity (Wildman–Crippen MR) is 124 cm³/mol. The number of rotatable bonds is 6. The third-order valence-electron chi connectivity index (χ3n) is 8.45. The molecule has 2 heterocycles. The van der Waals surface area contributed by atoms with Crippen molar-refractivity contribution in [3.8, 4) is 0 Å². The molecule has 1 amide bonds. The van der Waals surface area contributed by atoms with Crippen LogP contribution < -0.4 is 10.6 Å².